The van der Waals surface area contributed by atoms with Crippen molar-refractivity contribution in [1.29, 1.82) is 0 Å². The average molecular weight is 558 g/mol. The number of fused-ring (bicyclic) bond motifs is 1. The summed E-state index contributed by atoms with van der Waals surface area (Å²) in [5, 5.41) is 15.3. The van der Waals surface area contributed by atoms with E-state index in [0.29, 0.717) is 66.5 Å². The molecule has 5 rings (SSSR count). The first-order valence-corrected chi connectivity index (χ1v) is 14.5. The molecular weight excluding hydrogens is 518 g/mol. The molecule has 3 aliphatic heterocycles. The van der Waals surface area contributed by atoms with Gasteiger partial charge in [0.2, 0.25) is 5.91 Å². The van der Waals surface area contributed by atoms with Crippen LogP contribution in [0.1, 0.15) is 49.3 Å². The Labute approximate surface area is 236 Å². The minimum Gasteiger partial charge on any atom is -0.495 e. The number of hydrogen-bond acceptors (Lipinski definition) is 7. The fourth-order valence-electron chi connectivity index (χ4n) is 5.96. The third kappa shape index (κ3) is 7.17. The Morgan fingerprint density at radius 1 is 1.10 bits per heavy atom. The maximum Gasteiger partial charge on any atom is 0.220 e. The number of carbonyl (C=O) groups excluding carboxylic acids is 1. The Bertz CT molecular complexity index is 1130. The Hall–Kier alpha value is -2.52. The summed E-state index contributed by atoms with van der Waals surface area (Å²) >= 11 is 6.27. The van der Waals surface area contributed by atoms with Gasteiger partial charge < -0.3 is 29.5 Å². The summed E-state index contributed by atoms with van der Waals surface area (Å²) in [5.41, 5.74) is 1.67. The fraction of sp³-hybridized carbons (Fsp3) is 0.567. The van der Waals surface area contributed by atoms with Gasteiger partial charge in [0.1, 0.15) is 25.1 Å². The molecule has 2 fully saturated rings. The number of carbonyl (C=O) groups is 1. The number of methoxy groups -OCH3 is 1. The number of aryl methyl sites for hydroxylation is 1. The molecule has 9 heteroatoms. The van der Waals surface area contributed by atoms with Crippen LogP contribution in [-0.4, -0.2) is 85.9 Å². The van der Waals surface area contributed by atoms with E-state index in [9.17, 15) is 9.90 Å². The zero-order valence-electron chi connectivity index (χ0n) is 22.7. The Morgan fingerprint density at radius 3 is 2.67 bits per heavy atom. The van der Waals surface area contributed by atoms with Gasteiger partial charge in [-0.2, -0.15) is 0 Å². The van der Waals surface area contributed by atoms with Gasteiger partial charge >= 0.3 is 0 Å². The first-order chi connectivity index (χ1) is 19.0. The molecule has 0 saturated carbocycles. The number of aliphatic hydroxyl groups excluding tert-OH is 1. The van der Waals surface area contributed by atoms with E-state index in [1.807, 2.05) is 36.4 Å². The van der Waals surface area contributed by atoms with Crippen molar-refractivity contribution in [3.05, 3.63) is 52.5 Å². The number of nitrogens with zero attached hydrogens (tertiary/aromatic N) is 2. The van der Waals surface area contributed by atoms with Gasteiger partial charge in [-0.3, -0.25) is 9.69 Å². The predicted octanol–water partition coefficient (Wildman–Crippen LogP) is 3.83. The largest absolute Gasteiger partial charge is 0.495 e. The first kappa shape index (κ1) is 28.0. The second kappa shape index (κ2) is 13.2. The monoisotopic (exact) mass is 557 g/mol. The van der Waals surface area contributed by atoms with Crippen molar-refractivity contribution in [3.8, 4) is 17.2 Å². The van der Waals surface area contributed by atoms with Gasteiger partial charge in [-0.15, -0.1) is 0 Å². The summed E-state index contributed by atoms with van der Waals surface area (Å²) in [6.45, 7) is 5.95. The number of hydrogen-bond donors (Lipinski definition) is 2. The highest BCUT2D eigenvalue weighted by molar-refractivity contribution is 6.32. The zero-order chi connectivity index (χ0) is 27.2. The van der Waals surface area contributed by atoms with E-state index in [4.69, 9.17) is 25.8 Å². The number of benzene rings is 2. The van der Waals surface area contributed by atoms with Crippen molar-refractivity contribution >= 4 is 17.5 Å². The third-order valence-electron chi connectivity index (χ3n) is 8.09. The maximum absolute atomic E-state index is 13.2. The van der Waals surface area contributed by atoms with E-state index in [1.54, 1.807) is 7.11 Å². The van der Waals surface area contributed by atoms with Crippen molar-refractivity contribution in [2.24, 2.45) is 0 Å². The standard InChI is InChI=1S/C30H40ClN3O5/c1-37-26-9-6-21(17-24(26)31)7-11-29(35)32-25(20-34-14-4-5-23(34)19-33-12-2-3-13-33)30(36)22-8-10-27-28(18-22)39-16-15-38-27/h6,8-10,17-18,23,25,30,36H,2-5,7,11-16,19-20H2,1H3,(H,32,35)/t23?,25-,30+/m0/s1. The number of ether oxygens (including phenoxy) is 3. The minimum atomic E-state index is -0.881. The highest BCUT2D eigenvalue weighted by atomic mass is 35.5. The van der Waals surface area contributed by atoms with Gasteiger partial charge in [-0.1, -0.05) is 23.7 Å². The summed E-state index contributed by atoms with van der Waals surface area (Å²) in [4.78, 5) is 18.2. The lowest BCUT2D eigenvalue weighted by molar-refractivity contribution is -0.122. The molecule has 1 unspecified atom stereocenters. The number of nitrogens with one attached hydrogen (secondary N) is 1. The molecule has 2 N–H and O–H groups in total. The number of amides is 1. The van der Waals surface area contributed by atoms with Gasteiger partial charge in [-0.05, 0) is 87.1 Å². The molecular formula is C30H40ClN3O5. The Balaban J connectivity index is 1.28. The smallest absolute Gasteiger partial charge is 0.220 e. The van der Waals surface area contributed by atoms with Crippen LogP contribution >= 0.6 is 11.6 Å². The highest BCUT2D eigenvalue weighted by Crippen LogP contribution is 2.34. The summed E-state index contributed by atoms with van der Waals surface area (Å²) in [7, 11) is 1.58. The van der Waals surface area contributed by atoms with Crippen LogP contribution in [0.2, 0.25) is 5.02 Å². The number of halogens is 1. The molecule has 2 aromatic rings. The maximum atomic E-state index is 13.2. The lowest BCUT2D eigenvalue weighted by atomic mass is 10.00. The Kier molecular flexibility index (Phi) is 9.50. The SMILES string of the molecule is COc1ccc(CCC(=O)N[C@@H](CN2CCCC2CN2CCCC2)[C@H](O)c2ccc3c(c2)OCCO3)cc1Cl. The first-order valence-electron chi connectivity index (χ1n) is 14.2. The number of likely N-dealkylation sites (tertiary alicyclic amines) is 2. The second-order valence-electron chi connectivity index (χ2n) is 10.8. The summed E-state index contributed by atoms with van der Waals surface area (Å²) in [5.74, 6) is 1.83. The van der Waals surface area contributed by atoms with Crippen LogP contribution in [0.4, 0.5) is 0 Å². The minimum absolute atomic E-state index is 0.0983. The molecule has 0 bridgehead atoms. The molecule has 0 radical (unpaired) electrons. The molecule has 39 heavy (non-hydrogen) atoms. The molecule has 3 aliphatic rings. The second-order valence-corrected chi connectivity index (χ2v) is 11.2. The van der Waals surface area contributed by atoms with Crippen molar-refractivity contribution < 1.29 is 24.1 Å². The molecule has 3 atom stereocenters. The highest BCUT2D eigenvalue weighted by Gasteiger charge is 2.33. The third-order valence-corrected chi connectivity index (χ3v) is 8.39. The quantitative estimate of drug-likeness (QED) is 0.434. The van der Waals surface area contributed by atoms with Crippen molar-refractivity contribution in [3.63, 3.8) is 0 Å². The fourth-order valence-corrected chi connectivity index (χ4v) is 6.24. The van der Waals surface area contributed by atoms with Gasteiger partial charge in [0, 0.05) is 25.6 Å². The lowest BCUT2D eigenvalue weighted by Gasteiger charge is -2.34. The van der Waals surface area contributed by atoms with Crippen molar-refractivity contribution in [1.82, 2.24) is 15.1 Å². The molecule has 0 aliphatic carbocycles. The average Bonchev–Trinajstić information content (AvgIpc) is 3.63. The van der Waals surface area contributed by atoms with Crippen LogP contribution in [0.3, 0.4) is 0 Å². The summed E-state index contributed by atoms with van der Waals surface area (Å²) in [6.07, 6.45) is 4.79. The van der Waals surface area contributed by atoms with Gasteiger partial charge in [0.05, 0.1) is 18.2 Å². The summed E-state index contributed by atoms with van der Waals surface area (Å²) in [6, 6.07) is 11.1. The molecule has 0 spiro atoms. The van der Waals surface area contributed by atoms with E-state index >= 15 is 0 Å². The molecule has 2 saturated heterocycles. The summed E-state index contributed by atoms with van der Waals surface area (Å²) < 4.78 is 16.6. The van der Waals surface area contributed by atoms with Crippen LogP contribution in [0, 0.1) is 0 Å². The normalized spacial score (nSPS) is 21.1. The zero-order valence-corrected chi connectivity index (χ0v) is 23.5. The Morgan fingerprint density at radius 2 is 1.90 bits per heavy atom. The number of aliphatic hydroxyl groups is 1. The van der Waals surface area contributed by atoms with Gasteiger partial charge in [-0.25, -0.2) is 0 Å². The van der Waals surface area contributed by atoms with Gasteiger partial charge in [0.25, 0.3) is 0 Å². The topological polar surface area (TPSA) is 83.5 Å². The molecule has 1 amide bonds. The molecule has 3 heterocycles. The van der Waals surface area contributed by atoms with Crippen LogP contribution in [0.25, 0.3) is 0 Å². The van der Waals surface area contributed by atoms with Crippen LogP contribution in [-0.2, 0) is 11.2 Å². The van der Waals surface area contributed by atoms with E-state index in [2.05, 4.69) is 15.1 Å². The predicted molar refractivity (Wildman–Crippen MR) is 151 cm³/mol. The number of rotatable bonds is 11. The molecule has 8 nitrogen and oxygen atoms in total. The molecule has 2 aromatic carbocycles. The lowest BCUT2D eigenvalue weighted by Crippen LogP contribution is -2.50. The van der Waals surface area contributed by atoms with E-state index in [1.165, 1.54) is 25.9 Å². The van der Waals surface area contributed by atoms with Crippen molar-refractivity contribution in [2.75, 3.05) is 53.0 Å². The van der Waals surface area contributed by atoms with E-state index in [0.717, 1.165) is 31.5 Å². The van der Waals surface area contributed by atoms with Crippen LogP contribution in [0.5, 0.6) is 17.2 Å². The van der Waals surface area contributed by atoms with E-state index < -0.39 is 12.1 Å². The molecule has 212 valence electrons. The van der Waals surface area contributed by atoms with Crippen LogP contribution < -0.4 is 19.5 Å². The van der Waals surface area contributed by atoms with Crippen LogP contribution in [0.15, 0.2) is 36.4 Å². The molecule has 0 aromatic heterocycles. The van der Waals surface area contributed by atoms with E-state index in [-0.39, 0.29) is 5.91 Å². The van der Waals surface area contributed by atoms with Gasteiger partial charge in [0.15, 0.2) is 11.5 Å². The van der Waals surface area contributed by atoms with Crippen molar-refractivity contribution in [2.45, 2.75) is 56.7 Å².